The lowest BCUT2D eigenvalue weighted by atomic mass is 10.3. The Morgan fingerprint density at radius 1 is 1.45 bits per heavy atom. The molecule has 7 nitrogen and oxygen atoms in total. The normalized spacial score (nSPS) is 14.1. The van der Waals surface area contributed by atoms with Crippen LogP contribution < -0.4 is 15.7 Å². The number of nitrogens with zero attached hydrogens (tertiary/aromatic N) is 2. The zero-order valence-corrected chi connectivity index (χ0v) is 11.3. The van der Waals surface area contributed by atoms with Crippen molar-refractivity contribution in [1.29, 1.82) is 0 Å². The first-order chi connectivity index (χ1) is 9.72. The van der Waals surface area contributed by atoms with Crippen LogP contribution in [0.15, 0.2) is 30.3 Å². The molecule has 1 heterocycles. The molecule has 1 fully saturated rings. The summed E-state index contributed by atoms with van der Waals surface area (Å²) in [5.74, 6) is 0. The van der Waals surface area contributed by atoms with E-state index >= 15 is 0 Å². The summed E-state index contributed by atoms with van der Waals surface area (Å²) >= 11 is 0. The average molecular weight is 278 g/mol. The van der Waals surface area contributed by atoms with Crippen LogP contribution in [0.3, 0.4) is 0 Å². The van der Waals surface area contributed by atoms with Gasteiger partial charge in [0.1, 0.15) is 0 Å². The van der Waals surface area contributed by atoms with Crippen LogP contribution in [0.5, 0.6) is 0 Å². The zero-order chi connectivity index (χ0) is 14.4. The van der Waals surface area contributed by atoms with Crippen molar-refractivity contribution in [2.24, 2.45) is 0 Å². The van der Waals surface area contributed by atoms with Crippen LogP contribution in [0.2, 0.25) is 0 Å². The summed E-state index contributed by atoms with van der Waals surface area (Å²) in [7, 11) is 1.38. The highest BCUT2D eigenvalue weighted by atomic mass is 16.6. The molecule has 7 heteroatoms. The van der Waals surface area contributed by atoms with Gasteiger partial charge in [0.25, 0.3) is 0 Å². The Morgan fingerprint density at radius 2 is 2.20 bits per heavy atom. The molecular weight excluding hydrogens is 260 g/mol. The SMILES string of the molecule is CONC(=O)N(CCN1CCNC1=O)c1ccccc1. The molecule has 1 saturated heterocycles. The number of carbonyl (C=O) groups is 2. The molecule has 0 spiro atoms. The molecule has 0 bridgehead atoms. The van der Waals surface area contributed by atoms with E-state index in [0.717, 1.165) is 5.69 Å². The fourth-order valence-electron chi connectivity index (χ4n) is 2.04. The molecule has 1 aromatic carbocycles. The highest BCUT2D eigenvalue weighted by Crippen LogP contribution is 2.13. The van der Waals surface area contributed by atoms with Gasteiger partial charge in [0.05, 0.1) is 7.11 Å². The number of rotatable bonds is 5. The van der Waals surface area contributed by atoms with Gasteiger partial charge in [-0.3, -0.25) is 9.74 Å². The van der Waals surface area contributed by atoms with Crippen LogP contribution in [0.1, 0.15) is 0 Å². The second kappa shape index (κ2) is 6.76. The molecule has 2 rings (SSSR count). The molecule has 4 amide bonds. The van der Waals surface area contributed by atoms with Crippen LogP contribution in [-0.4, -0.2) is 50.3 Å². The number of amides is 4. The van der Waals surface area contributed by atoms with Gasteiger partial charge in [-0.2, -0.15) is 0 Å². The second-order valence-electron chi connectivity index (χ2n) is 4.32. The highest BCUT2D eigenvalue weighted by Gasteiger charge is 2.22. The highest BCUT2D eigenvalue weighted by molar-refractivity contribution is 5.91. The van der Waals surface area contributed by atoms with Crippen molar-refractivity contribution < 1.29 is 14.4 Å². The summed E-state index contributed by atoms with van der Waals surface area (Å²) in [6.07, 6.45) is 0. The van der Waals surface area contributed by atoms with Crippen molar-refractivity contribution in [1.82, 2.24) is 15.7 Å². The number of hydroxylamine groups is 1. The predicted octanol–water partition coefficient (Wildman–Crippen LogP) is 0.789. The summed E-state index contributed by atoms with van der Waals surface area (Å²) in [6.45, 7) is 2.17. The lowest BCUT2D eigenvalue weighted by Gasteiger charge is -2.24. The van der Waals surface area contributed by atoms with Crippen molar-refractivity contribution in [3.8, 4) is 0 Å². The standard InChI is InChI=1S/C13H18N4O3/c1-20-15-13(19)17(11-5-3-2-4-6-11)10-9-16-8-7-14-12(16)18/h2-6H,7-10H2,1H3,(H,14,18)(H,15,19). The number of hydrogen-bond acceptors (Lipinski definition) is 3. The van der Waals surface area contributed by atoms with E-state index in [4.69, 9.17) is 0 Å². The third kappa shape index (κ3) is 3.39. The van der Waals surface area contributed by atoms with E-state index in [1.165, 1.54) is 12.0 Å². The van der Waals surface area contributed by atoms with Gasteiger partial charge in [-0.05, 0) is 12.1 Å². The number of para-hydroxylation sites is 1. The van der Waals surface area contributed by atoms with Crippen LogP contribution >= 0.6 is 0 Å². The summed E-state index contributed by atoms with van der Waals surface area (Å²) in [5.41, 5.74) is 3.05. The second-order valence-corrected chi connectivity index (χ2v) is 4.32. The molecule has 1 aliphatic heterocycles. The lowest BCUT2D eigenvalue weighted by Crippen LogP contribution is -2.44. The van der Waals surface area contributed by atoms with Crippen LogP contribution in [0, 0.1) is 0 Å². The largest absolute Gasteiger partial charge is 0.345 e. The van der Waals surface area contributed by atoms with Gasteiger partial charge in [-0.1, -0.05) is 18.2 Å². The molecule has 20 heavy (non-hydrogen) atoms. The van der Waals surface area contributed by atoms with Gasteiger partial charge in [0, 0.05) is 31.9 Å². The minimum absolute atomic E-state index is 0.0924. The van der Waals surface area contributed by atoms with E-state index in [0.29, 0.717) is 26.2 Å². The number of hydrogen-bond donors (Lipinski definition) is 2. The number of carbonyl (C=O) groups excluding carboxylic acids is 2. The first-order valence-corrected chi connectivity index (χ1v) is 6.40. The molecule has 0 radical (unpaired) electrons. The molecule has 0 aliphatic carbocycles. The molecule has 0 atom stereocenters. The molecule has 1 aromatic rings. The molecule has 2 N–H and O–H groups in total. The summed E-state index contributed by atoms with van der Waals surface area (Å²) < 4.78 is 0. The van der Waals surface area contributed by atoms with Crippen molar-refractivity contribution in [2.45, 2.75) is 0 Å². The average Bonchev–Trinajstić information content (AvgIpc) is 2.86. The Bertz CT molecular complexity index is 466. The maximum absolute atomic E-state index is 12.0. The van der Waals surface area contributed by atoms with E-state index in [-0.39, 0.29) is 12.1 Å². The number of urea groups is 2. The number of anilines is 1. The monoisotopic (exact) mass is 278 g/mol. The minimum atomic E-state index is -0.363. The Kier molecular flexibility index (Phi) is 4.78. The topological polar surface area (TPSA) is 73.9 Å². The summed E-state index contributed by atoms with van der Waals surface area (Å²) in [6, 6.07) is 8.79. The Balaban J connectivity index is 2.03. The van der Waals surface area contributed by atoms with Gasteiger partial charge in [0.2, 0.25) is 0 Å². The van der Waals surface area contributed by atoms with Crippen molar-refractivity contribution in [3.63, 3.8) is 0 Å². The molecule has 1 aliphatic rings. The lowest BCUT2D eigenvalue weighted by molar-refractivity contribution is 0.110. The first kappa shape index (κ1) is 14.1. The van der Waals surface area contributed by atoms with Crippen molar-refractivity contribution >= 4 is 17.7 Å². The van der Waals surface area contributed by atoms with Gasteiger partial charge in [0.15, 0.2) is 0 Å². The predicted molar refractivity (Wildman–Crippen MR) is 74.3 cm³/mol. The van der Waals surface area contributed by atoms with Gasteiger partial charge in [-0.25, -0.2) is 15.1 Å². The Labute approximate surface area is 117 Å². The third-order valence-corrected chi connectivity index (χ3v) is 3.04. The molecule has 108 valence electrons. The zero-order valence-electron chi connectivity index (χ0n) is 11.3. The van der Waals surface area contributed by atoms with Gasteiger partial charge < -0.3 is 10.2 Å². The van der Waals surface area contributed by atoms with E-state index in [2.05, 4.69) is 15.6 Å². The smallest absolute Gasteiger partial charge is 0.336 e. The van der Waals surface area contributed by atoms with Crippen LogP contribution in [0.4, 0.5) is 15.3 Å². The molecular formula is C13H18N4O3. The maximum atomic E-state index is 12.0. The fraction of sp³-hybridized carbons (Fsp3) is 0.385. The summed E-state index contributed by atoms with van der Waals surface area (Å²) in [4.78, 5) is 31.4. The van der Waals surface area contributed by atoms with Crippen LogP contribution in [-0.2, 0) is 4.84 Å². The van der Waals surface area contributed by atoms with E-state index in [9.17, 15) is 9.59 Å². The molecule has 0 aromatic heterocycles. The Morgan fingerprint density at radius 3 is 2.80 bits per heavy atom. The molecule has 0 unspecified atom stereocenters. The molecule has 0 saturated carbocycles. The first-order valence-electron chi connectivity index (χ1n) is 6.40. The van der Waals surface area contributed by atoms with Crippen molar-refractivity contribution in [3.05, 3.63) is 30.3 Å². The van der Waals surface area contributed by atoms with E-state index in [1.807, 2.05) is 30.3 Å². The van der Waals surface area contributed by atoms with Crippen molar-refractivity contribution in [2.75, 3.05) is 38.2 Å². The third-order valence-electron chi connectivity index (χ3n) is 3.04. The van der Waals surface area contributed by atoms with Gasteiger partial charge >= 0.3 is 12.1 Å². The fourth-order valence-corrected chi connectivity index (χ4v) is 2.04. The summed E-state index contributed by atoms with van der Waals surface area (Å²) in [5, 5.41) is 2.73. The van der Waals surface area contributed by atoms with Gasteiger partial charge in [-0.15, -0.1) is 0 Å². The number of nitrogens with one attached hydrogen (secondary N) is 2. The number of benzene rings is 1. The quantitative estimate of drug-likeness (QED) is 0.782. The van der Waals surface area contributed by atoms with E-state index < -0.39 is 0 Å². The maximum Gasteiger partial charge on any atom is 0.345 e. The minimum Gasteiger partial charge on any atom is -0.336 e. The van der Waals surface area contributed by atoms with E-state index in [1.54, 1.807) is 4.90 Å². The van der Waals surface area contributed by atoms with Crippen LogP contribution in [0.25, 0.3) is 0 Å². The Hall–Kier alpha value is -2.28.